The molecule has 0 aliphatic heterocycles. The van der Waals surface area contributed by atoms with Gasteiger partial charge in [-0.25, -0.2) is 0 Å². The third-order valence-corrected chi connectivity index (χ3v) is 5.86. The molecule has 0 aliphatic carbocycles. The molecule has 0 atom stereocenters. The van der Waals surface area contributed by atoms with Crippen LogP contribution in [0, 0.1) is 10.8 Å². The highest BCUT2D eigenvalue weighted by atomic mass is 16.2. The third kappa shape index (κ3) is 8.74. The van der Waals surface area contributed by atoms with Crippen LogP contribution >= 0.6 is 0 Å². The zero-order valence-corrected chi connectivity index (χ0v) is 22.5. The van der Waals surface area contributed by atoms with E-state index in [-0.39, 0.29) is 23.4 Å². The molecule has 0 aliphatic rings. The molecule has 0 fully saturated rings. The maximum absolute atomic E-state index is 12.3. The predicted octanol–water partition coefficient (Wildman–Crippen LogP) is 5.86. The van der Waals surface area contributed by atoms with Crippen molar-refractivity contribution in [2.24, 2.45) is 10.8 Å². The maximum atomic E-state index is 12.3. The van der Waals surface area contributed by atoms with Gasteiger partial charge in [-0.2, -0.15) is 0 Å². The lowest BCUT2D eigenvalue weighted by Gasteiger charge is -2.16. The van der Waals surface area contributed by atoms with Crippen LogP contribution in [0.25, 0.3) is 0 Å². The largest absolute Gasteiger partial charge is 0.352 e. The van der Waals surface area contributed by atoms with Crippen molar-refractivity contribution in [3.63, 3.8) is 0 Å². The number of carbonyl (C=O) groups excluding carboxylic acids is 4. The monoisotopic (exact) mass is 492 g/mol. The molecular formula is C30H40N2O4. The van der Waals surface area contributed by atoms with Crippen LogP contribution in [0.3, 0.4) is 0 Å². The Morgan fingerprint density at radius 3 is 1.06 bits per heavy atom. The quantitative estimate of drug-likeness (QED) is 0.303. The minimum atomic E-state index is -0.453. The van der Waals surface area contributed by atoms with Crippen molar-refractivity contribution in [1.29, 1.82) is 0 Å². The summed E-state index contributed by atoms with van der Waals surface area (Å²) in [5.74, 6) is -0.188. The van der Waals surface area contributed by atoms with Crippen LogP contribution in [0.5, 0.6) is 0 Å². The minimum absolute atomic E-state index is 0.0520. The molecule has 0 unspecified atom stereocenters. The molecule has 2 amide bonds. The summed E-state index contributed by atoms with van der Waals surface area (Å²) < 4.78 is 0. The topological polar surface area (TPSA) is 92.3 Å². The molecule has 2 aromatic carbocycles. The highest BCUT2D eigenvalue weighted by Crippen LogP contribution is 2.22. The first-order valence-corrected chi connectivity index (χ1v) is 12.7. The molecule has 2 rings (SSSR count). The standard InChI is InChI=1S/C30H40N2O4/c1-29(2,3)25(33)21-11-15-23(16-12-21)27(35)31-19-9-7-8-10-20-32-28(36)24-17-13-22(14-18-24)26(34)30(4,5)6/h11-18H,7-10,19-20H2,1-6H3,(H,31,35)(H,32,36). The van der Waals surface area contributed by atoms with Gasteiger partial charge in [0.2, 0.25) is 0 Å². The molecule has 6 nitrogen and oxygen atoms in total. The van der Waals surface area contributed by atoms with E-state index in [4.69, 9.17) is 0 Å². The van der Waals surface area contributed by atoms with Gasteiger partial charge in [-0.05, 0) is 37.1 Å². The van der Waals surface area contributed by atoms with E-state index in [0.717, 1.165) is 25.7 Å². The lowest BCUT2D eigenvalue weighted by molar-refractivity contribution is 0.0852. The Hall–Kier alpha value is -3.28. The average Bonchev–Trinajstić information content (AvgIpc) is 2.83. The summed E-state index contributed by atoms with van der Waals surface area (Å²) in [6.07, 6.45) is 3.59. The van der Waals surface area contributed by atoms with Crippen LogP contribution in [0.15, 0.2) is 48.5 Å². The van der Waals surface area contributed by atoms with Crippen LogP contribution in [-0.4, -0.2) is 36.5 Å². The summed E-state index contributed by atoms with van der Waals surface area (Å²) in [6, 6.07) is 13.6. The summed E-state index contributed by atoms with van der Waals surface area (Å²) in [5.41, 5.74) is 1.40. The number of benzene rings is 2. The van der Waals surface area contributed by atoms with Gasteiger partial charge in [0.15, 0.2) is 11.6 Å². The number of nitrogens with one attached hydrogen (secondary N) is 2. The van der Waals surface area contributed by atoms with Crippen molar-refractivity contribution < 1.29 is 19.2 Å². The molecule has 36 heavy (non-hydrogen) atoms. The number of amides is 2. The van der Waals surface area contributed by atoms with Gasteiger partial charge in [-0.1, -0.05) is 78.6 Å². The fraction of sp³-hybridized carbons (Fsp3) is 0.467. The Morgan fingerprint density at radius 2 is 0.778 bits per heavy atom. The molecule has 0 saturated carbocycles. The van der Waals surface area contributed by atoms with Gasteiger partial charge in [0.05, 0.1) is 0 Å². The van der Waals surface area contributed by atoms with E-state index in [1.54, 1.807) is 48.5 Å². The molecule has 0 saturated heterocycles. The minimum Gasteiger partial charge on any atom is -0.352 e. The van der Waals surface area contributed by atoms with Gasteiger partial charge in [0.25, 0.3) is 11.8 Å². The van der Waals surface area contributed by atoms with Crippen molar-refractivity contribution in [2.75, 3.05) is 13.1 Å². The molecule has 6 heteroatoms. The van der Waals surface area contributed by atoms with E-state index < -0.39 is 10.8 Å². The summed E-state index contributed by atoms with van der Waals surface area (Å²) in [7, 11) is 0. The Morgan fingerprint density at radius 1 is 0.500 bits per heavy atom. The number of hydrogen-bond donors (Lipinski definition) is 2. The van der Waals surface area contributed by atoms with Crippen LogP contribution in [0.4, 0.5) is 0 Å². The van der Waals surface area contributed by atoms with Crippen LogP contribution in [-0.2, 0) is 0 Å². The first kappa shape index (κ1) is 29.0. The van der Waals surface area contributed by atoms with E-state index in [1.807, 2.05) is 41.5 Å². The van der Waals surface area contributed by atoms with Crippen molar-refractivity contribution in [1.82, 2.24) is 10.6 Å². The second-order valence-electron chi connectivity index (χ2n) is 11.2. The average molecular weight is 493 g/mol. The van der Waals surface area contributed by atoms with Crippen molar-refractivity contribution in [3.8, 4) is 0 Å². The van der Waals surface area contributed by atoms with Gasteiger partial charge < -0.3 is 10.6 Å². The van der Waals surface area contributed by atoms with Crippen molar-refractivity contribution >= 4 is 23.4 Å². The summed E-state index contributed by atoms with van der Waals surface area (Å²) in [5, 5.41) is 5.83. The molecule has 2 aromatic rings. The molecule has 0 heterocycles. The number of Topliss-reactive ketones (excluding diaryl/α,β-unsaturated/α-hetero) is 2. The first-order valence-electron chi connectivity index (χ1n) is 12.7. The Balaban J connectivity index is 1.62. The molecule has 0 aromatic heterocycles. The zero-order chi connectivity index (χ0) is 26.9. The maximum Gasteiger partial charge on any atom is 0.251 e. The van der Waals surface area contributed by atoms with Crippen LogP contribution in [0.2, 0.25) is 0 Å². The lowest BCUT2D eigenvalue weighted by Crippen LogP contribution is -2.25. The van der Waals surface area contributed by atoms with Crippen LogP contribution in [0.1, 0.15) is 109 Å². The van der Waals surface area contributed by atoms with Crippen LogP contribution < -0.4 is 10.6 Å². The van der Waals surface area contributed by atoms with Gasteiger partial charge in [0.1, 0.15) is 0 Å². The zero-order valence-electron chi connectivity index (χ0n) is 22.5. The highest BCUT2D eigenvalue weighted by molar-refractivity contribution is 6.02. The summed E-state index contributed by atoms with van der Waals surface area (Å²) >= 11 is 0. The number of ketones is 2. The number of unbranched alkanes of at least 4 members (excludes halogenated alkanes) is 3. The van der Waals surface area contributed by atoms with E-state index in [0.29, 0.717) is 35.3 Å². The third-order valence-electron chi connectivity index (χ3n) is 5.86. The van der Waals surface area contributed by atoms with Crippen molar-refractivity contribution in [2.45, 2.75) is 67.2 Å². The fourth-order valence-electron chi connectivity index (χ4n) is 3.62. The Labute approximate surface area is 215 Å². The van der Waals surface area contributed by atoms with Gasteiger partial charge in [-0.3, -0.25) is 19.2 Å². The SMILES string of the molecule is CC(C)(C)C(=O)c1ccc(C(=O)NCCCCCCNC(=O)c2ccc(C(=O)C(C)(C)C)cc2)cc1. The second-order valence-corrected chi connectivity index (χ2v) is 11.2. The predicted molar refractivity (Wildman–Crippen MR) is 144 cm³/mol. The fourth-order valence-corrected chi connectivity index (χ4v) is 3.62. The van der Waals surface area contributed by atoms with Crippen molar-refractivity contribution in [3.05, 3.63) is 70.8 Å². The van der Waals surface area contributed by atoms with E-state index in [1.165, 1.54) is 0 Å². The summed E-state index contributed by atoms with van der Waals surface area (Å²) in [6.45, 7) is 12.4. The molecule has 0 bridgehead atoms. The molecule has 2 N–H and O–H groups in total. The molecule has 194 valence electrons. The molecular weight excluding hydrogens is 452 g/mol. The second kappa shape index (κ2) is 12.6. The Kier molecular flexibility index (Phi) is 10.1. The van der Waals surface area contributed by atoms with E-state index in [9.17, 15) is 19.2 Å². The van der Waals surface area contributed by atoms with Gasteiger partial charge in [-0.15, -0.1) is 0 Å². The van der Waals surface area contributed by atoms with E-state index >= 15 is 0 Å². The van der Waals surface area contributed by atoms with Gasteiger partial charge >= 0.3 is 0 Å². The summed E-state index contributed by atoms with van der Waals surface area (Å²) in [4.78, 5) is 49.2. The van der Waals surface area contributed by atoms with Gasteiger partial charge in [0, 0.05) is 46.2 Å². The van der Waals surface area contributed by atoms with E-state index in [2.05, 4.69) is 10.6 Å². The molecule has 0 spiro atoms. The number of carbonyl (C=O) groups is 4. The Bertz CT molecular complexity index is 969. The number of hydrogen-bond acceptors (Lipinski definition) is 4. The smallest absolute Gasteiger partial charge is 0.251 e. The normalized spacial score (nSPS) is 11.6. The molecule has 0 radical (unpaired) electrons. The lowest BCUT2D eigenvalue weighted by atomic mass is 9.86. The number of rotatable bonds is 11. The highest BCUT2D eigenvalue weighted by Gasteiger charge is 2.23. The first-order chi connectivity index (χ1) is 16.8.